The third kappa shape index (κ3) is 6.47. The zero-order valence-corrected chi connectivity index (χ0v) is 29.0. The van der Waals surface area contributed by atoms with Crippen molar-refractivity contribution in [2.24, 2.45) is 0 Å². The highest BCUT2D eigenvalue weighted by Gasteiger charge is 2.39. The molecule has 0 spiro atoms. The fourth-order valence-corrected chi connectivity index (χ4v) is 7.19. The van der Waals surface area contributed by atoms with E-state index in [1.807, 2.05) is 54.6 Å². The van der Waals surface area contributed by atoms with E-state index in [2.05, 4.69) is 133 Å². The van der Waals surface area contributed by atoms with Gasteiger partial charge in [-0.25, -0.2) is 4.39 Å². The summed E-state index contributed by atoms with van der Waals surface area (Å²) in [6, 6.07) is 62.8. The van der Waals surface area contributed by atoms with Crippen molar-refractivity contribution < 1.29 is 13.9 Å². The summed E-state index contributed by atoms with van der Waals surface area (Å²) in [4.78, 5) is 0. The second-order valence-electron chi connectivity index (χ2n) is 13.0. The Kier molecular flexibility index (Phi) is 9.12. The lowest BCUT2D eigenvalue weighted by atomic mass is 9.80. The van der Waals surface area contributed by atoms with Crippen LogP contribution in [0.4, 0.5) is 4.39 Å². The van der Waals surface area contributed by atoms with Gasteiger partial charge in [0.25, 0.3) is 0 Å². The Morgan fingerprint density at radius 2 is 1.06 bits per heavy atom. The standard InChI is InChI=1S/C48H38FNO2/c1-35-45-32-44(51-34-37-14-6-2-7-15-37)30-31-46(45)50(47(35)38-24-26-42(49)27-25-38)33-36-22-28-43(29-23-36)52-48(39-16-8-3-9-17-39,40-18-10-4-11-19-40)41-20-12-5-13-21-41/h2-32H,33-34H2,1H3. The van der Waals surface area contributed by atoms with Gasteiger partial charge in [-0.05, 0) is 83.8 Å². The maximum Gasteiger partial charge on any atom is 0.184 e. The molecule has 8 aromatic rings. The number of aryl methyl sites for hydroxylation is 1. The summed E-state index contributed by atoms with van der Waals surface area (Å²) in [5.41, 5.74) is 8.70. The molecule has 0 amide bonds. The minimum absolute atomic E-state index is 0.256. The maximum atomic E-state index is 14.1. The normalized spacial score (nSPS) is 11.4. The Morgan fingerprint density at radius 1 is 0.538 bits per heavy atom. The Hall–Kier alpha value is -6.39. The van der Waals surface area contributed by atoms with E-state index in [1.54, 1.807) is 0 Å². The summed E-state index contributed by atoms with van der Waals surface area (Å²) in [5, 5.41) is 1.10. The van der Waals surface area contributed by atoms with Gasteiger partial charge in [0.1, 0.15) is 23.9 Å². The van der Waals surface area contributed by atoms with Gasteiger partial charge in [0, 0.05) is 34.1 Å². The molecule has 52 heavy (non-hydrogen) atoms. The number of fused-ring (bicyclic) bond motifs is 1. The number of benzene rings is 7. The molecule has 254 valence electrons. The van der Waals surface area contributed by atoms with Crippen molar-refractivity contribution in [1.82, 2.24) is 4.57 Å². The van der Waals surface area contributed by atoms with Gasteiger partial charge >= 0.3 is 0 Å². The van der Waals surface area contributed by atoms with Crippen LogP contribution in [0.2, 0.25) is 0 Å². The van der Waals surface area contributed by atoms with E-state index in [4.69, 9.17) is 9.47 Å². The number of halogens is 1. The van der Waals surface area contributed by atoms with E-state index in [-0.39, 0.29) is 5.82 Å². The SMILES string of the molecule is Cc1c(-c2ccc(F)cc2)n(Cc2ccc(OC(c3ccccc3)(c3ccccc3)c3ccccc3)cc2)c2ccc(OCc3ccccc3)cc12. The van der Waals surface area contributed by atoms with E-state index in [9.17, 15) is 4.39 Å². The van der Waals surface area contributed by atoms with Crippen LogP contribution in [-0.2, 0) is 18.8 Å². The van der Waals surface area contributed by atoms with Crippen molar-refractivity contribution >= 4 is 10.9 Å². The van der Waals surface area contributed by atoms with Crippen molar-refractivity contribution in [2.75, 3.05) is 0 Å². The number of ether oxygens (including phenoxy) is 2. The second-order valence-corrected chi connectivity index (χ2v) is 13.0. The average molecular weight is 680 g/mol. The number of aromatic nitrogens is 1. The lowest BCUT2D eigenvalue weighted by molar-refractivity contribution is 0.155. The van der Waals surface area contributed by atoms with Gasteiger partial charge in [0.2, 0.25) is 0 Å². The quantitative estimate of drug-likeness (QED) is 0.127. The summed E-state index contributed by atoms with van der Waals surface area (Å²) in [6.45, 7) is 3.24. The average Bonchev–Trinajstić information content (AvgIpc) is 3.48. The molecule has 0 aliphatic carbocycles. The fraction of sp³-hybridized carbons (Fsp3) is 0.0833. The lowest BCUT2D eigenvalue weighted by Gasteiger charge is -2.36. The number of rotatable bonds is 11. The number of hydrogen-bond donors (Lipinski definition) is 0. The topological polar surface area (TPSA) is 23.4 Å². The van der Waals surface area contributed by atoms with Gasteiger partial charge in [-0.15, -0.1) is 0 Å². The molecular weight excluding hydrogens is 642 g/mol. The van der Waals surface area contributed by atoms with E-state index in [0.29, 0.717) is 13.2 Å². The van der Waals surface area contributed by atoms with Crippen LogP contribution in [0.15, 0.2) is 188 Å². The summed E-state index contributed by atoms with van der Waals surface area (Å²) >= 11 is 0. The zero-order chi connectivity index (χ0) is 35.3. The molecule has 0 saturated heterocycles. The highest BCUT2D eigenvalue weighted by molar-refractivity contribution is 5.92. The van der Waals surface area contributed by atoms with Gasteiger partial charge in [0.05, 0.1) is 5.69 Å². The summed E-state index contributed by atoms with van der Waals surface area (Å²) in [5.74, 6) is 1.31. The molecule has 0 radical (unpaired) electrons. The van der Waals surface area contributed by atoms with Crippen molar-refractivity contribution in [3.05, 3.63) is 227 Å². The van der Waals surface area contributed by atoms with Crippen molar-refractivity contribution in [1.29, 1.82) is 0 Å². The molecule has 0 unspecified atom stereocenters. The van der Waals surface area contributed by atoms with Crippen LogP contribution in [0.25, 0.3) is 22.2 Å². The minimum atomic E-state index is -0.866. The molecule has 7 aromatic carbocycles. The molecule has 4 heteroatoms. The van der Waals surface area contributed by atoms with Crippen molar-refractivity contribution in [2.45, 2.75) is 25.7 Å². The molecule has 8 rings (SSSR count). The van der Waals surface area contributed by atoms with Crippen molar-refractivity contribution in [3.63, 3.8) is 0 Å². The Morgan fingerprint density at radius 3 is 1.62 bits per heavy atom. The summed E-state index contributed by atoms with van der Waals surface area (Å²) < 4.78 is 29.8. The van der Waals surface area contributed by atoms with Gasteiger partial charge < -0.3 is 14.0 Å². The third-order valence-corrected chi connectivity index (χ3v) is 9.73. The Balaban J connectivity index is 1.16. The Bertz CT molecular complexity index is 2290. The van der Waals surface area contributed by atoms with Crippen LogP contribution >= 0.6 is 0 Å². The summed E-state index contributed by atoms with van der Waals surface area (Å²) in [6.07, 6.45) is 0. The molecule has 3 nitrogen and oxygen atoms in total. The highest BCUT2D eigenvalue weighted by Crippen LogP contribution is 2.42. The lowest BCUT2D eigenvalue weighted by Crippen LogP contribution is -2.36. The third-order valence-electron chi connectivity index (χ3n) is 9.73. The predicted octanol–water partition coefficient (Wildman–Crippen LogP) is 11.8. The molecule has 0 saturated carbocycles. The molecule has 0 N–H and O–H groups in total. The van der Waals surface area contributed by atoms with Crippen LogP contribution in [0.5, 0.6) is 11.5 Å². The minimum Gasteiger partial charge on any atom is -0.489 e. The highest BCUT2D eigenvalue weighted by atomic mass is 19.1. The first-order valence-corrected chi connectivity index (χ1v) is 17.6. The molecule has 0 bridgehead atoms. The van der Waals surface area contributed by atoms with Gasteiger partial charge in [-0.3, -0.25) is 0 Å². The zero-order valence-electron chi connectivity index (χ0n) is 29.0. The van der Waals surface area contributed by atoms with E-state index in [1.165, 1.54) is 12.1 Å². The molecule has 0 aliphatic rings. The number of nitrogens with zero attached hydrogens (tertiary/aromatic N) is 1. The molecule has 1 heterocycles. The predicted molar refractivity (Wildman–Crippen MR) is 208 cm³/mol. The fourth-order valence-electron chi connectivity index (χ4n) is 7.19. The van der Waals surface area contributed by atoms with Gasteiger partial charge in [-0.2, -0.15) is 0 Å². The second kappa shape index (κ2) is 14.5. The van der Waals surface area contributed by atoms with E-state index < -0.39 is 5.60 Å². The monoisotopic (exact) mass is 679 g/mol. The molecular formula is C48H38FNO2. The Labute approximate surface area is 304 Å². The molecule has 0 aliphatic heterocycles. The van der Waals surface area contributed by atoms with Crippen LogP contribution < -0.4 is 9.47 Å². The van der Waals surface area contributed by atoms with E-state index >= 15 is 0 Å². The first kappa shape index (κ1) is 32.8. The van der Waals surface area contributed by atoms with Crippen molar-refractivity contribution in [3.8, 4) is 22.8 Å². The summed E-state index contributed by atoms with van der Waals surface area (Å²) in [7, 11) is 0. The molecule has 0 atom stereocenters. The maximum absolute atomic E-state index is 14.1. The van der Waals surface area contributed by atoms with Crippen LogP contribution in [0.3, 0.4) is 0 Å². The van der Waals surface area contributed by atoms with E-state index in [0.717, 1.165) is 67.0 Å². The van der Waals surface area contributed by atoms with Crippen LogP contribution in [0.1, 0.15) is 33.4 Å². The van der Waals surface area contributed by atoms with Gasteiger partial charge in [-0.1, -0.05) is 133 Å². The number of hydrogen-bond acceptors (Lipinski definition) is 2. The van der Waals surface area contributed by atoms with Crippen LogP contribution in [0, 0.1) is 12.7 Å². The smallest absolute Gasteiger partial charge is 0.184 e. The van der Waals surface area contributed by atoms with Gasteiger partial charge in [0.15, 0.2) is 5.60 Å². The largest absolute Gasteiger partial charge is 0.489 e. The first-order valence-electron chi connectivity index (χ1n) is 17.6. The molecule has 1 aromatic heterocycles. The first-order chi connectivity index (χ1) is 25.6. The molecule has 0 fully saturated rings. The van der Waals surface area contributed by atoms with Crippen LogP contribution in [-0.4, -0.2) is 4.57 Å².